The molecule has 9 nitrogen and oxygen atoms in total. The Labute approximate surface area is 206 Å². The Morgan fingerprint density at radius 2 is 1.92 bits per heavy atom. The molecule has 1 atom stereocenters. The molecule has 3 aromatic rings. The van der Waals surface area contributed by atoms with Crippen LogP contribution in [0.15, 0.2) is 47.6 Å². The Bertz CT molecular complexity index is 1380. The summed E-state index contributed by atoms with van der Waals surface area (Å²) in [4.78, 5) is 10.3. The first kappa shape index (κ1) is 24.5. The van der Waals surface area contributed by atoms with Crippen molar-refractivity contribution in [1.29, 1.82) is 0 Å². The fourth-order valence-corrected chi connectivity index (χ4v) is 5.96. The summed E-state index contributed by atoms with van der Waals surface area (Å²) in [5, 5.41) is 6.50. The van der Waals surface area contributed by atoms with E-state index in [1.807, 2.05) is 6.92 Å². The van der Waals surface area contributed by atoms with Crippen LogP contribution >= 0.6 is 0 Å². The Morgan fingerprint density at radius 1 is 1.14 bits per heavy atom. The van der Waals surface area contributed by atoms with Crippen LogP contribution in [0.2, 0.25) is 0 Å². The quantitative estimate of drug-likeness (QED) is 0.509. The van der Waals surface area contributed by atoms with Crippen molar-refractivity contribution >= 4 is 32.4 Å². The van der Waals surface area contributed by atoms with Gasteiger partial charge >= 0.3 is 6.18 Å². The molecule has 2 aromatic carbocycles. The number of piperazine rings is 1. The van der Waals surface area contributed by atoms with Crippen LogP contribution < -0.4 is 15.4 Å². The highest BCUT2D eigenvalue weighted by Gasteiger charge is 2.34. The van der Waals surface area contributed by atoms with E-state index >= 15 is 0 Å². The van der Waals surface area contributed by atoms with E-state index in [0.29, 0.717) is 56.4 Å². The minimum atomic E-state index is -4.51. The fourth-order valence-electron chi connectivity index (χ4n) is 4.52. The second-order valence-electron chi connectivity index (χ2n) is 8.80. The summed E-state index contributed by atoms with van der Waals surface area (Å²) in [6, 6.07) is 8.57. The molecule has 1 saturated heterocycles. The molecule has 0 saturated carbocycles. The lowest BCUT2D eigenvalue weighted by Gasteiger charge is -2.35. The molecule has 1 fully saturated rings. The average Bonchev–Trinajstić information content (AvgIpc) is 3.32. The Hall–Kier alpha value is -3.16. The molecular weight excluding hydrogens is 497 g/mol. The van der Waals surface area contributed by atoms with Crippen molar-refractivity contribution in [2.75, 3.05) is 50.1 Å². The first-order chi connectivity index (χ1) is 17.1. The zero-order valence-corrected chi connectivity index (χ0v) is 20.2. The Balaban J connectivity index is 1.22. The summed E-state index contributed by atoms with van der Waals surface area (Å²) < 4.78 is 73.2. The normalized spacial score (nSPS) is 17.9. The number of hydrogen-bond donors (Lipinski definition) is 2. The largest absolute Gasteiger partial charge is 0.471 e. The van der Waals surface area contributed by atoms with Gasteiger partial charge in [-0.25, -0.2) is 18.4 Å². The Kier molecular flexibility index (Phi) is 6.39. The van der Waals surface area contributed by atoms with Crippen LogP contribution in [-0.2, 0) is 16.2 Å². The maximum atomic E-state index is 13.4. The topological polar surface area (TPSA) is 99.7 Å². The summed E-state index contributed by atoms with van der Waals surface area (Å²) >= 11 is 0. The number of halogens is 3. The van der Waals surface area contributed by atoms with Gasteiger partial charge in [0.2, 0.25) is 10.0 Å². The number of aromatic nitrogens is 2. The summed E-state index contributed by atoms with van der Waals surface area (Å²) in [7, 11) is -3.65. The zero-order valence-electron chi connectivity index (χ0n) is 19.4. The van der Waals surface area contributed by atoms with E-state index in [1.165, 1.54) is 10.4 Å². The third-order valence-corrected chi connectivity index (χ3v) is 8.19. The van der Waals surface area contributed by atoms with Crippen molar-refractivity contribution in [1.82, 2.24) is 19.2 Å². The lowest BCUT2D eigenvalue weighted by Crippen LogP contribution is -2.50. The van der Waals surface area contributed by atoms with Crippen molar-refractivity contribution in [3.63, 3.8) is 0 Å². The van der Waals surface area contributed by atoms with Gasteiger partial charge in [-0.15, -0.1) is 0 Å². The third kappa shape index (κ3) is 4.77. The maximum absolute atomic E-state index is 13.4. The van der Waals surface area contributed by atoms with E-state index in [4.69, 9.17) is 4.74 Å². The minimum absolute atomic E-state index is 0.151. The first-order valence-corrected chi connectivity index (χ1v) is 12.9. The molecule has 5 rings (SSSR count). The van der Waals surface area contributed by atoms with Gasteiger partial charge < -0.3 is 15.4 Å². The van der Waals surface area contributed by atoms with Gasteiger partial charge in [0.15, 0.2) is 6.73 Å². The predicted molar refractivity (Wildman–Crippen MR) is 128 cm³/mol. The molecule has 0 radical (unpaired) electrons. The number of anilines is 2. The van der Waals surface area contributed by atoms with E-state index in [9.17, 15) is 21.6 Å². The van der Waals surface area contributed by atoms with Gasteiger partial charge in [0.1, 0.15) is 17.9 Å². The molecule has 0 amide bonds. The van der Waals surface area contributed by atoms with Gasteiger partial charge in [0, 0.05) is 50.2 Å². The maximum Gasteiger partial charge on any atom is 0.418 e. The van der Waals surface area contributed by atoms with Crippen LogP contribution in [-0.4, -0.2) is 73.1 Å². The summed E-state index contributed by atoms with van der Waals surface area (Å²) in [6.45, 7) is 4.50. The van der Waals surface area contributed by atoms with Crippen molar-refractivity contribution in [3.05, 3.63) is 48.3 Å². The SMILES string of the molecule is C[C@@H](CN1CCN(S(=O)(=O)c2ccc3c(c2)OCN3)CC1)Nc1ncnc2c(C(F)(F)F)cccc12. The number of ether oxygens (including phenoxy) is 1. The molecule has 0 aliphatic carbocycles. The van der Waals surface area contributed by atoms with E-state index in [1.54, 1.807) is 24.3 Å². The average molecular weight is 523 g/mol. The molecule has 2 aliphatic heterocycles. The van der Waals surface area contributed by atoms with E-state index in [-0.39, 0.29) is 16.5 Å². The molecule has 0 bridgehead atoms. The van der Waals surface area contributed by atoms with Crippen molar-refractivity contribution in [3.8, 4) is 5.75 Å². The molecule has 13 heteroatoms. The number of sulfonamides is 1. The van der Waals surface area contributed by atoms with E-state index in [0.717, 1.165) is 18.1 Å². The number of fused-ring (bicyclic) bond motifs is 2. The van der Waals surface area contributed by atoms with E-state index < -0.39 is 21.8 Å². The predicted octanol–water partition coefficient (Wildman–Crippen LogP) is 3.22. The number of alkyl halides is 3. The van der Waals surface area contributed by atoms with Crippen molar-refractivity contribution in [2.24, 2.45) is 0 Å². The summed E-state index contributed by atoms with van der Waals surface area (Å²) in [6.07, 6.45) is -3.39. The van der Waals surface area contributed by atoms with Crippen molar-refractivity contribution < 1.29 is 26.3 Å². The van der Waals surface area contributed by atoms with E-state index in [2.05, 4.69) is 25.5 Å². The minimum Gasteiger partial charge on any atom is -0.471 e. The first-order valence-electron chi connectivity index (χ1n) is 11.4. The Morgan fingerprint density at radius 3 is 2.67 bits per heavy atom. The van der Waals surface area contributed by atoms with Crippen LogP contribution in [0.1, 0.15) is 12.5 Å². The third-order valence-electron chi connectivity index (χ3n) is 6.30. The molecular formula is C23H25F3N6O3S. The summed E-state index contributed by atoms with van der Waals surface area (Å²) in [5.74, 6) is 0.849. The van der Waals surface area contributed by atoms with Gasteiger partial charge in [-0.1, -0.05) is 6.07 Å². The van der Waals surface area contributed by atoms with Crippen LogP contribution in [0.5, 0.6) is 5.75 Å². The highest BCUT2D eigenvalue weighted by atomic mass is 32.2. The number of nitrogens with zero attached hydrogens (tertiary/aromatic N) is 4. The number of hydrogen-bond acceptors (Lipinski definition) is 8. The number of para-hydroxylation sites is 1. The van der Waals surface area contributed by atoms with Gasteiger partial charge in [0.25, 0.3) is 0 Å². The number of rotatable bonds is 6. The molecule has 1 aromatic heterocycles. The smallest absolute Gasteiger partial charge is 0.418 e. The number of benzene rings is 2. The monoisotopic (exact) mass is 522 g/mol. The van der Waals surface area contributed by atoms with Gasteiger partial charge in [0.05, 0.1) is 21.7 Å². The zero-order chi connectivity index (χ0) is 25.5. The number of nitrogens with one attached hydrogen (secondary N) is 2. The van der Waals surface area contributed by atoms with Gasteiger partial charge in [-0.05, 0) is 31.2 Å². The second-order valence-corrected chi connectivity index (χ2v) is 10.7. The summed E-state index contributed by atoms with van der Waals surface area (Å²) in [5.41, 5.74) is -0.186. The molecule has 36 heavy (non-hydrogen) atoms. The van der Waals surface area contributed by atoms with Crippen LogP contribution in [0.4, 0.5) is 24.7 Å². The highest BCUT2D eigenvalue weighted by molar-refractivity contribution is 7.89. The molecule has 192 valence electrons. The molecule has 2 N–H and O–H groups in total. The molecule has 0 unspecified atom stereocenters. The lowest BCUT2D eigenvalue weighted by atomic mass is 10.1. The van der Waals surface area contributed by atoms with Gasteiger partial charge in [-0.2, -0.15) is 17.5 Å². The lowest BCUT2D eigenvalue weighted by molar-refractivity contribution is -0.136. The van der Waals surface area contributed by atoms with Crippen LogP contribution in [0.25, 0.3) is 10.9 Å². The molecule has 3 heterocycles. The molecule has 0 spiro atoms. The van der Waals surface area contributed by atoms with Crippen LogP contribution in [0, 0.1) is 0 Å². The van der Waals surface area contributed by atoms with Crippen molar-refractivity contribution in [2.45, 2.75) is 24.0 Å². The van der Waals surface area contributed by atoms with Crippen LogP contribution in [0.3, 0.4) is 0 Å². The second kappa shape index (κ2) is 9.37. The standard InChI is InChI=1S/C23H25F3N6O3S/c1-15(30-22-17-3-2-4-18(23(24,25)26)21(17)27-13-28-22)12-31-7-9-32(10-8-31)36(33,34)16-5-6-19-20(11-16)35-14-29-19/h2-6,11,13,15,29H,7-10,12,14H2,1H3,(H,27,28,30)/t15-/m0/s1. The van der Waals surface area contributed by atoms with Gasteiger partial charge in [-0.3, -0.25) is 4.90 Å². The highest BCUT2D eigenvalue weighted by Crippen LogP contribution is 2.35. The molecule has 2 aliphatic rings. The fraction of sp³-hybridized carbons (Fsp3) is 0.391.